The highest BCUT2D eigenvalue weighted by molar-refractivity contribution is 8.18. The Hall–Kier alpha value is -1.60. The number of thiophene rings is 1. The number of imide groups is 1. The molecule has 5 nitrogen and oxygen atoms in total. The second-order valence-electron chi connectivity index (χ2n) is 5.37. The molecule has 1 fully saturated rings. The van der Waals surface area contributed by atoms with Crippen LogP contribution in [0.5, 0.6) is 0 Å². The summed E-state index contributed by atoms with van der Waals surface area (Å²) >= 11 is 2.31. The molecule has 1 aliphatic rings. The topological polar surface area (TPSA) is 63.7 Å². The highest BCUT2D eigenvalue weighted by Crippen LogP contribution is 2.32. The Morgan fingerprint density at radius 3 is 2.67 bits per heavy atom. The largest absolute Gasteiger partial charge is 0.459 e. The molecule has 1 aliphatic heterocycles. The van der Waals surface area contributed by atoms with Crippen LogP contribution in [0.1, 0.15) is 25.6 Å². The van der Waals surface area contributed by atoms with Crippen LogP contribution in [0.2, 0.25) is 0 Å². The molecule has 112 valence electrons. The van der Waals surface area contributed by atoms with Gasteiger partial charge in [-0.2, -0.15) is 0 Å². The first-order valence-electron chi connectivity index (χ1n) is 6.27. The SMILES string of the molecule is CC(C)(C)OC(=O)CN1C(=O)S/C(=C/c2cccs2)C1=O. The Labute approximate surface area is 131 Å². The summed E-state index contributed by atoms with van der Waals surface area (Å²) in [6.07, 6.45) is 1.66. The van der Waals surface area contributed by atoms with Gasteiger partial charge in [0.2, 0.25) is 0 Å². The number of carbonyl (C=O) groups is 3. The van der Waals surface area contributed by atoms with Gasteiger partial charge in [0.25, 0.3) is 11.1 Å². The fraction of sp³-hybridized carbons (Fsp3) is 0.357. The van der Waals surface area contributed by atoms with Gasteiger partial charge in [0.1, 0.15) is 12.1 Å². The van der Waals surface area contributed by atoms with Gasteiger partial charge in [-0.05, 0) is 50.1 Å². The van der Waals surface area contributed by atoms with Crippen LogP contribution in [-0.4, -0.2) is 34.2 Å². The summed E-state index contributed by atoms with van der Waals surface area (Å²) in [6.45, 7) is 4.84. The number of amides is 2. The fourth-order valence-electron chi connectivity index (χ4n) is 1.64. The fourth-order valence-corrected chi connectivity index (χ4v) is 3.20. The van der Waals surface area contributed by atoms with Crippen molar-refractivity contribution in [3.63, 3.8) is 0 Å². The maximum absolute atomic E-state index is 12.2. The van der Waals surface area contributed by atoms with Crippen molar-refractivity contribution < 1.29 is 19.1 Å². The van der Waals surface area contributed by atoms with E-state index in [4.69, 9.17) is 4.74 Å². The lowest BCUT2D eigenvalue weighted by Gasteiger charge is -2.21. The molecule has 1 aromatic heterocycles. The van der Waals surface area contributed by atoms with Crippen molar-refractivity contribution in [3.8, 4) is 0 Å². The second-order valence-corrected chi connectivity index (χ2v) is 7.34. The zero-order chi connectivity index (χ0) is 15.6. The van der Waals surface area contributed by atoms with Gasteiger partial charge < -0.3 is 4.74 Å². The number of nitrogens with zero attached hydrogens (tertiary/aromatic N) is 1. The van der Waals surface area contributed by atoms with Crippen molar-refractivity contribution >= 4 is 46.3 Å². The van der Waals surface area contributed by atoms with Crippen molar-refractivity contribution in [3.05, 3.63) is 27.3 Å². The first kappa shape index (κ1) is 15.8. The first-order chi connectivity index (χ1) is 9.76. The van der Waals surface area contributed by atoms with Crippen molar-refractivity contribution in [2.45, 2.75) is 26.4 Å². The van der Waals surface area contributed by atoms with E-state index in [9.17, 15) is 14.4 Å². The predicted molar refractivity (Wildman–Crippen MR) is 82.8 cm³/mol. The minimum Gasteiger partial charge on any atom is -0.459 e. The van der Waals surface area contributed by atoms with E-state index in [1.54, 1.807) is 26.8 Å². The monoisotopic (exact) mass is 325 g/mol. The average molecular weight is 325 g/mol. The molecule has 21 heavy (non-hydrogen) atoms. The van der Waals surface area contributed by atoms with E-state index in [1.807, 2.05) is 17.5 Å². The van der Waals surface area contributed by atoms with Gasteiger partial charge >= 0.3 is 5.97 Å². The van der Waals surface area contributed by atoms with Crippen molar-refractivity contribution in [2.75, 3.05) is 6.54 Å². The Morgan fingerprint density at radius 2 is 2.10 bits per heavy atom. The van der Waals surface area contributed by atoms with Crippen LogP contribution in [0.25, 0.3) is 6.08 Å². The summed E-state index contributed by atoms with van der Waals surface area (Å²) < 4.78 is 5.13. The van der Waals surface area contributed by atoms with Crippen molar-refractivity contribution in [1.82, 2.24) is 4.90 Å². The molecule has 0 N–H and O–H groups in total. The standard InChI is InChI=1S/C14H15NO4S2/c1-14(2,3)19-11(16)8-15-12(17)10(21-13(15)18)7-9-5-4-6-20-9/h4-7H,8H2,1-3H3/b10-7+. The molecule has 2 rings (SSSR count). The molecule has 0 bridgehead atoms. The number of hydrogen-bond acceptors (Lipinski definition) is 6. The van der Waals surface area contributed by atoms with Gasteiger partial charge in [0.15, 0.2) is 0 Å². The molecule has 0 unspecified atom stereocenters. The quantitative estimate of drug-likeness (QED) is 0.631. The summed E-state index contributed by atoms with van der Waals surface area (Å²) in [4.78, 5) is 37.9. The summed E-state index contributed by atoms with van der Waals surface area (Å²) in [6, 6.07) is 3.72. The number of thioether (sulfide) groups is 1. The molecule has 0 spiro atoms. The van der Waals surface area contributed by atoms with Crippen LogP contribution < -0.4 is 0 Å². The molecule has 2 amide bonds. The molecular weight excluding hydrogens is 310 g/mol. The van der Waals surface area contributed by atoms with Crippen LogP contribution >= 0.6 is 23.1 Å². The highest BCUT2D eigenvalue weighted by Gasteiger charge is 2.37. The van der Waals surface area contributed by atoms with Crippen molar-refractivity contribution in [2.24, 2.45) is 0 Å². The van der Waals surface area contributed by atoms with Gasteiger partial charge in [0.05, 0.1) is 4.91 Å². The van der Waals surface area contributed by atoms with Crippen LogP contribution in [0.15, 0.2) is 22.4 Å². The maximum Gasteiger partial charge on any atom is 0.326 e. The van der Waals surface area contributed by atoms with E-state index >= 15 is 0 Å². The van der Waals surface area contributed by atoms with E-state index in [0.29, 0.717) is 4.91 Å². The molecule has 0 saturated carbocycles. The summed E-state index contributed by atoms with van der Waals surface area (Å²) in [5.41, 5.74) is -0.647. The van der Waals surface area contributed by atoms with Gasteiger partial charge in [-0.25, -0.2) is 0 Å². The van der Waals surface area contributed by atoms with Crippen LogP contribution in [0.4, 0.5) is 4.79 Å². The smallest absolute Gasteiger partial charge is 0.326 e. The van der Waals surface area contributed by atoms with Crippen LogP contribution in [0, 0.1) is 0 Å². The molecular formula is C14H15NO4S2. The minimum absolute atomic E-state index is 0.325. The Bertz CT molecular complexity index is 599. The molecule has 1 aromatic rings. The molecule has 1 saturated heterocycles. The number of rotatable bonds is 3. The van der Waals surface area contributed by atoms with E-state index in [-0.39, 0.29) is 6.54 Å². The lowest BCUT2D eigenvalue weighted by Crippen LogP contribution is -2.37. The summed E-state index contributed by atoms with van der Waals surface area (Å²) in [7, 11) is 0. The number of hydrogen-bond donors (Lipinski definition) is 0. The van der Waals surface area contributed by atoms with Crippen LogP contribution in [-0.2, 0) is 14.3 Å². The molecule has 0 aliphatic carbocycles. The molecule has 0 radical (unpaired) electrons. The van der Waals surface area contributed by atoms with E-state index < -0.39 is 22.7 Å². The second kappa shape index (κ2) is 6.03. The number of esters is 1. The first-order valence-corrected chi connectivity index (χ1v) is 7.96. The van der Waals surface area contributed by atoms with Crippen molar-refractivity contribution in [1.29, 1.82) is 0 Å². The van der Waals surface area contributed by atoms with Gasteiger partial charge in [-0.15, -0.1) is 11.3 Å². The lowest BCUT2D eigenvalue weighted by molar-refractivity contribution is -0.156. The van der Waals surface area contributed by atoms with E-state index in [0.717, 1.165) is 21.5 Å². The molecule has 7 heteroatoms. The minimum atomic E-state index is -0.647. The predicted octanol–water partition coefficient (Wildman–Crippen LogP) is 3.13. The normalized spacial score (nSPS) is 17.7. The third kappa shape index (κ3) is 4.18. The van der Waals surface area contributed by atoms with E-state index in [2.05, 4.69) is 0 Å². The summed E-state index contributed by atoms with van der Waals surface area (Å²) in [5, 5.41) is 1.44. The molecule has 2 heterocycles. The van der Waals surface area contributed by atoms with Crippen LogP contribution in [0.3, 0.4) is 0 Å². The highest BCUT2D eigenvalue weighted by atomic mass is 32.2. The lowest BCUT2D eigenvalue weighted by atomic mass is 10.2. The zero-order valence-electron chi connectivity index (χ0n) is 11.9. The molecule has 0 atom stereocenters. The third-order valence-corrected chi connectivity index (χ3v) is 4.12. The Balaban J connectivity index is 2.07. The Morgan fingerprint density at radius 1 is 1.38 bits per heavy atom. The van der Waals surface area contributed by atoms with Gasteiger partial charge in [-0.3, -0.25) is 19.3 Å². The summed E-state index contributed by atoms with van der Waals surface area (Å²) in [5.74, 6) is -1.05. The Kier molecular flexibility index (Phi) is 4.53. The van der Waals surface area contributed by atoms with Gasteiger partial charge in [0, 0.05) is 4.88 Å². The number of ether oxygens (including phenoxy) is 1. The van der Waals surface area contributed by atoms with E-state index in [1.165, 1.54) is 11.3 Å². The maximum atomic E-state index is 12.2. The third-order valence-electron chi connectivity index (χ3n) is 2.40. The van der Waals surface area contributed by atoms with Gasteiger partial charge in [-0.1, -0.05) is 6.07 Å². The number of carbonyl (C=O) groups excluding carboxylic acids is 3. The zero-order valence-corrected chi connectivity index (χ0v) is 13.5. The molecule has 0 aromatic carbocycles. The average Bonchev–Trinajstić information content (AvgIpc) is 2.92.